The third kappa shape index (κ3) is 2.57. The van der Waals surface area contributed by atoms with E-state index in [1.165, 1.54) is 11.1 Å². The summed E-state index contributed by atoms with van der Waals surface area (Å²) in [6.45, 7) is 2.07. The van der Waals surface area contributed by atoms with Crippen LogP contribution in [0.2, 0.25) is 0 Å². The number of nitrogens with one attached hydrogen (secondary N) is 1. The molecular formula is C19H17N3O. The van der Waals surface area contributed by atoms with Crippen LogP contribution in [0.15, 0.2) is 54.9 Å². The number of amides is 1. The Labute approximate surface area is 134 Å². The molecule has 1 aliphatic rings. The molecule has 0 atom stereocenters. The lowest BCUT2D eigenvalue weighted by molar-refractivity contribution is 0.0931. The van der Waals surface area contributed by atoms with Gasteiger partial charge < -0.3 is 5.32 Å². The number of hydrogen-bond acceptors (Lipinski definition) is 3. The van der Waals surface area contributed by atoms with Crippen LogP contribution in [0.4, 0.5) is 0 Å². The van der Waals surface area contributed by atoms with Gasteiger partial charge in [0.2, 0.25) is 0 Å². The van der Waals surface area contributed by atoms with Crippen molar-refractivity contribution in [3.63, 3.8) is 0 Å². The average Bonchev–Trinajstić information content (AvgIpc) is 3.35. The summed E-state index contributed by atoms with van der Waals surface area (Å²) in [5, 5.41) is 3.20. The number of rotatable bonds is 3. The first-order chi connectivity index (χ1) is 11.2. The molecular weight excluding hydrogens is 286 g/mol. The van der Waals surface area contributed by atoms with Gasteiger partial charge >= 0.3 is 0 Å². The van der Waals surface area contributed by atoms with Gasteiger partial charge in [0.1, 0.15) is 0 Å². The number of hydrogen-bond donors (Lipinski definition) is 1. The minimum Gasteiger partial charge on any atom is -0.343 e. The zero-order valence-corrected chi connectivity index (χ0v) is 12.9. The lowest BCUT2D eigenvalue weighted by atomic mass is 10.0. The lowest BCUT2D eigenvalue weighted by Gasteiger charge is -2.18. The van der Waals surface area contributed by atoms with E-state index in [9.17, 15) is 4.79 Å². The summed E-state index contributed by atoms with van der Waals surface area (Å²) in [6.07, 6.45) is 5.25. The molecule has 1 amide bonds. The van der Waals surface area contributed by atoms with Crippen LogP contribution in [-0.2, 0) is 5.54 Å². The van der Waals surface area contributed by atoms with Crippen molar-refractivity contribution in [1.82, 2.24) is 15.3 Å². The molecule has 1 aliphatic carbocycles. The Hall–Kier alpha value is -2.75. The second kappa shape index (κ2) is 5.16. The molecule has 114 valence electrons. The van der Waals surface area contributed by atoms with E-state index in [1.807, 2.05) is 12.1 Å². The van der Waals surface area contributed by atoms with E-state index in [0.29, 0.717) is 5.56 Å². The van der Waals surface area contributed by atoms with Gasteiger partial charge in [-0.15, -0.1) is 0 Å². The first-order valence-corrected chi connectivity index (χ1v) is 7.77. The molecule has 0 aliphatic heterocycles. The third-order valence-electron chi connectivity index (χ3n) is 4.40. The molecule has 1 aromatic heterocycles. The number of aryl methyl sites for hydroxylation is 1. The zero-order chi connectivity index (χ0) is 15.9. The molecule has 0 spiro atoms. The smallest absolute Gasteiger partial charge is 0.252 e. The molecule has 1 N–H and O–H groups in total. The number of carbonyl (C=O) groups excluding carboxylic acids is 1. The van der Waals surface area contributed by atoms with Crippen molar-refractivity contribution in [2.75, 3.05) is 0 Å². The molecule has 1 saturated carbocycles. The number of aromatic nitrogens is 2. The Kier molecular flexibility index (Phi) is 3.11. The molecule has 23 heavy (non-hydrogen) atoms. The van der Waals surface area contributed by atoms with Crippen LogP contribution in [0.5, 0.6) is 0 Å². The number of carbonyl (C=O) groups is 1. The first kappa shape index (κ1) is 13.9. The van der Waals surface area contributed by atoms with Gasteiger partial charge in [-0.25, -0.2) is 0 Å². The van der Waals surface area contributed by atoms with Gasteiger partial charge in [0.15, 0.2) is 0 Å². The predicted octanol–water partition coefficient (Wildman–Crippen LogP) is 3.36. The highest BCUT2D eigenvalue weighted by Crippen LogP contribution is 2.45. The molecule has 0 unspecified atom stereocenters. The standard InChI is InChI=1S/C19H17N3O/c1-13-3-2-4-15(11-13)19(7-8-19)22-18(23)14-5-6-16-17(12-14)21-10-9-20-16/h2-6,9-12H,7-8H2,1H3,(H,22,23). The average molecular weight is 303 g/mol. The van der Waals surface area contributed by atoms with Crippen LogP contribution >= 0.6 is 0 Å². The monoisotopic (exact) mass is 303 g/mol. The number of fused-ring (bicyclic) bond motifs is 1. The van der Waals surface area contributed by atoms with E-state index in [0.717, 1.165) is 23.9 Å². The van der Waals surface area contributed by atoms with Crippen molar-refractivity contribution in [3.05, 3.63) is 71.5 Å². The topological polar surface area (TPSA) is 54.9 Å². The molecule has 4 nitrogen and oxygen atoms in total. The van der Waals surface area contributed by atoms with Crippen LogP contribution in [0, 0.1) is 6.92 Å². The maximum atomic E-state index is 12.6. The van der Waals surface area contributed by atoms with E-state index in [1.54, 1.807) is 24.5 Å². The summed E-state index contributed by atoms with van der Waals surface area (Å²) < 4.78 is 0. The van der Waals surface area contributed by atoms with Crippen LogP contribution < -0.4 is 5.32 Å². The lowest BCUT2D eigenvalue weighted by Crippen LogP contribution is -2.34. The van der Waals surface area contributed by atoms with Gasteiger partial charge in [-0.1, -0.05) is 29.8 Å². The Morgan fingerprint density at radius 2 is 1.83 bits per heavy atom. The van der Waals surface area contributed by atoms with Crippen LogP contribution in [-0.4, -0.2) is 15.9 Å². The van der Waals surface area contributed by atoms with E-state index in [-0.39, 0.29) is 11.4 Å². The molecule has 1 heterocycles. The SMILES string of the molecule is Cc1cccc(C2(NC(=O)c3ccc4nccnc4c3)CC2)c1. The van der Waals surface area contributed by atoms with Gasteiger partial charge in [-0.05, 0) is 43.5 Å². The maximum absolute atomic E-state index is 12.6. The summed E-state index contributed by atoms with van der Waals surface area (Å²) in [5.41, 5.74) is 4.34. The van der Waals surface area contributed by atoms with Crippen molar-refractivity contribution in [2.45, 2.75) is 25.3 Å². The zero-order valence-electron chi connectivity index (χ0n) is 12.9. The van der Waals surface area contributed by atoms with Gasteiger partial charge in [0.05, 0.1) is 16.6 Å². The van der Waals surface area contributed by atoms with Crippen molar-refractivity contribution in [1.29, 1.82) is 0 Å². The molecule has 0 radical (unpaired) electrons. The van der Waals surface area contributed by atoms with Crippen molar-refractivity contribution in [3.8, 4) is 0 Å². The summed E-state index contributed by atoms with van der Waals surface area (Å²) in [4.78, 5) is 21.1. The van der Waals surface area contributed by atoms with Gasteiger partial charge in [0.25, 0.3) is 5.91 Å². The Morgan fingerprint density at radius 3 is 2.57 bits per heavy atom. The summed E-state index contributed by atoms with van der Waals surface area (Å²) >= 11 is 0. The third-order valence-corrected chi connectivity index (χ3v) is 4.40. The second-order valence-electron chi connectivity index (χ2n) is 6.17. The Morgan fingerprint density at radius 1 is 1.04 bits per heavy atom. The van der Waals surface area contributed by atoms with Crippen LogP contribution in [0.1, 0.15) is 34.3 Å². The normalized spacial score (nSPS) is 15.3. The van der Waals surface area contributed by atoms with E-state index in [2.05, 4.69) is 40.4 Å². The fourth-order valence-corrected chi connectivity index (χ4v) is 2.95. The molecule has 4 heteroatoms. The highest BCUT2D eigenvalue weighted by molar-refractivity contribution is 5.97. The fourth-order valence-electron chi connectivity index (χ4n) is 2.95. The van der Waals surface area contributed by atoms with Crippen molar-refractivity contribution < 1.29 is 4.79 Å². The van der Waals surface area contributed by atoms with Crippen molar-refractivity contribution >= 4 is 16.9 Å². The summed E-state index contributed by atoms with van der Waals surface area (Å²) in [7, 11) is 0. The largest absolute Gasteiger partial charge is 0.343 e. The number of nitrogens with zero attached hydrogens (tertiary/aromatic N) is 2. The Balaban J connectivity index is 1.61. The summed E-state index contributed by atoms with van der Waals surface area (Å²) in [6, 6.07) is 13.8. The van der Waals surface area contributed by atoms with E-state index >= 15 is 0 Å². The minimum atomic E-state index is -0.208. The molecule has 0 bridgehead atoms. The highest BCUT2D eigenvalue weighted by Gasteiger charge is 2.45. The van der Waals surface area contributed by atoms with Gasteiger partial charge in [-0.3, -0.25) is 14.8 Å². The summed E-state index contributed by atoms with van der Waals surface area (Å²) in [5.74, 6) is -0.0587. The predicted molar refractivity (Wildman–Crippen MR) is 89.1 cm³/mol. The molecule has 1 fully saturated rings. The second-order valence-corrected chi connectivity index (χ2v) is 6.17. The number of benzene rings is 2. The first-order valence-electron chi connectivity index (χ1n) is 7.77. The van der Waals surface area contributed by atoms with Gasteiger partial charge in [0, 0.05) is 18.0 Å². The minimum absolute atomic E-state index is 0.0587. The van der Waals surface area contributed by atoms with E-state index in [4.69, 9.17) is 0 Å². The Bertz CT molecular complexity index is 900. The van der Waals surface area contributed by atoms with Crippen molar-refractivity contribution in [2.24, 2.45) is 0 Å². The quantitative estimate of drug-likeness (QED) is 0.807. The van der Waals surface area contributed by atoms with Crippen LogP contribution in [0.25, 0.3) is 11.0 Å². The highest BCUT2D eigenvalue weighted by atomic mass is 16.1. The van der Waals surface area contributed by atoms with E-state index < -0.39 is 0 Å². The molecule has 0 saturated heterocycles. The maximum Gasteiger partial charge on any atom is 0.252 e. The molecule has 3 aromatic rings. The van der Waals surface area contributed by atoms with Gasteiger partial charge in [-0.2, -0.15) is 0 Å². The molecule has 2 aromatic carbocycles. The van der Waals surface area contributed by atoms with Crippen LogP contribution in [0.3, 0.4) is 0 Å². The fraction of sp³-hybridized carbons (Fsp3) is 0.211. The molecule has 4 rings (SSSR count).